The molecule has 0 amide bonds. The first-order chi connectivity index (χ1) is 11.7. The normalized spacial score (nSPS) is 11.9. The summed E-state index contributed by atoms with van der Waals surface area (Å²) in [5, 5.41) is 8.10. The summed E-state index contributed by atoms with van der Waals surface area (Å²) in [6, 6.07) is 16.9. The van der Waals surface area contributed by atoms with E-state index in [1.54, 1.807) is 14.0 Å². The monoisotopic (exact) mass is 340 g/mol. The van der Waals surface area contributed by atoms with Gasteiger partial charge in [-0.25, -0.2) is 0 Å². The molecule has 2 aromatic carbocycles. The van der Waals surface area contributed by atoms with Crippen molar-refractivity contribution in [2.24, 2.45) is 0 Å². The Bertz CT molecular complexity index is 816. The Morgan fingerprint density at radius 3 is 2.42 bits per heavy atom. The molecule has 0 bridgehead atoms. The minimum absolute atomic E-state index is 0.0374. The first kappa shape index (κ1) is 16.3. The summed E-state index contributed by atoms with van der Waals surface area (Å²) in [5.41, 5.74) is 1.72. The van der Waals surface area contributed by atoms with Gasteiger partial charge in [0, 0.05) is 5.56 Å². The van der Waals surface area contributed by atoms with E-state index in [4.69, 9.17) is 9.15 Å². The number of carbonyl (C=O) groups excluding carboxylic acids is 1. The molecule has 6 heteroatoms. The van der Waals surface area contributed by atoms with Crippen molar-refractivity contribution in [2.75, 3.05) is 7.11 Å². The number of methoxy groups -OCH3 is 1. The lowest BCUT2D eigenvalue weighted by atomic mass is 10.1. The zero-order valence-corrected chi connectivity index (χ0v) is 14.1. The Morgan fingerprint density at radius 2 is 1.79 bits per heavy atom. The number of carbonyl (C=O) groups is 1. The zero-order chi connectivity index (χ0) is 16.9. The van der Waals surface area contributed by atoms with Gasteiger partial charge in [-0.05, 0) is 48.5 Å². The number of rotatable bonds is 6. The number of thioether (sulfide) groups is 1. The van der Waals surface area contributed by atoms with E-state index in [1.807, 2.05) is 54.6 Å². The van der Waals surface area contributed by atoms with Crippen LogP contribution < -0.4 is 4.74 Å². The van der Waals surface area contributed by atoms with Gasteiger partial charge >= 0.3 is 0 Å². The second-order valence-electron chi connectivity index (χ2n) is 5.12. The molecule has 0 saturated heterocycles. The SMILES string of the molecule is COc1ccc(-c2nnc(S[C@H](C(C)=O)c3ccccc3)o2)cc1. The molecule has 1 atom stereocenters. The van der Waals surface area contributed by atoms with E-state index in [0.717, 1.165) is 16.9 Å². The van der Waals surface area contributed by atoms with Crippen LogP contribution in [0.2, 0.25) is 0 Å². The molecule has 24 heavy (non-hydrogen) atoms. The summed E-state index contributed by atoms with van der Waals surface area (Å²) in [4.78, 5) is 12.0. The van der Waals surface area contributed by atoms with Gasteiger partial charge in [-0.15, -0.1) is 10.2 Å². The van der Waals surface area contributed by atoms with Gasteiger partial charge in [0.1, 0.15) is 11.5 Å². The van der Waals surface area contributed by atoms with Crippen LogP contribution in [0.3, 0.4) is 0 Å². The van der Waals surface area contributed by atoms with Gasteiger partial charge < -0.3 is 9.15 Å². The van der Waals surface area contributed by atoms with Crippen LogP contribution in [0, 0.1) is 0 Å². The lowest BCUT2D eigenvalue weighted by molar-refractivity contribution is -0.116. The molecular formula is C18H16N2O3S. The molecule has 0 radical (unpaired) electrons. The Hall–Kier alpha value is -2.60. The quantitative estimate of drug-likeness (QED) is 0.628. The van der Waals surface area contributed by atoms with E-state index < -0.39 is 0 Å². The lowest BCUT2D eigenvalue weighted by Gasteiger charge is -2.10. The first-order valence-electron chi connectivity index (χ1n) is 7.37. The highest BCUT2D eigenvalue weighted by Gasteiger charge is 2.21. The fourth-order valence-corrected chi connectivity index (χ4v) is 3.10. The Morgan fingerprint density at radius 1 is 1.08 bits per heavy atom. The Balaban J connectivity index is 1.80. The van der Waals surface area contributed by atoms with E-state index >= 15 is 0 Å². The van der Waals surface area contributed by atoms with Gasteiger partial charge in [-0.3, -0.25) is 4.79 Å². The van der Waals surface area contributed by atoms with Gasteiger partial charge in [0.2, 0.25) is 5.89 Å². The number of ether oxygens (including phenoxy) is 1. The average Bonchev–Trinajstić information content (AvgIpc) is 3.09. The molecule has 0 aliphatic carbocycles. The molecule has 0 saturated carbocycles. The van der Waals surface area contributed by atoms with E-state index in [-0.39, 0.29) is 11.0 Å². The van der Waals surface area contributed by atoms with Crippen LogP contribution in [0.4, 0.5) is 0 Å². The van der Waals surface area contributed by atoms with Gasteiger partial charge in [-0.1, -0.05) is 30.3 Å². The minimum Gasteiger partial charge on any atom is -0.497 e. The summed E-state index contributed by atoms with van der Waals surface area (Å²) >= 11 is 1.26. The topological polar surface area (TPSA) is 65.2 Å². The van der Waals surface area contributed by atoms with Crippen molar-refractivity contribution < 1.29 is 13.9 Å². The Kier molecular flexibility index (Phi) is 4.96. The van der Waals surface area contributed by atoms with Crippen LogP contribution in [-0.4, -0.2) is 23.1 Å². The summed E-state index contributed by atoms with van der Waals surface area (Å²) in [5.74, 6) is 1.21. The van der Waals surface area contributed by atoms with Crippen molar-refractivity contribution in [1.82, 2.24) is 10.2 Å². The standard InChI is InChI=1S/C18H16N2O3S/c1-12(21)16(13-6-4-3-5-7-13)24-18-20-19-17(23-18)14-8-10-15(22-2)11-9-14/h3-11,16H,1-2H3/t16-/m1/s1. The van der Waals surface area contributed by atoms with Crippen LogP contribution in [0.25, 0.3) is 11.5 Å². The molecule has 3 aromatic rings. The smallest absolute Gasteiger partial charge is 0.277 e. The largest absolute Gasteiger partial charge is 0.497 e. The second kappa shape index (κ2) is 7.31. The highest BCUT2D eigenvalue weighted by atomic mass is 32.2. The second-order valence-corrected chi connectivity index (χ2v) is 6.18. The fourth-order valence-electron chi connectivity index (χ4n) is 2.22. The van der Waals surface area contributed by atoms with Crippen LogP contribution in [-0.2, 0) is 4.79 Å². The molecule has 0 spiro atoms. The zero-order valence-electron chi connectivity index (χ0n) is 13.3. The summed E-state index contributed by atoms with van der Waals surface area (Å²) in [6.45, 7) is 1.56. The molecule has 1 heterocycles. The van der Waals surface area contributed by atoms with Gasteiger partial charge in [0.25, 0.3) is 5.22 Å². The minimum atomic E-state index is -0.365. The predicted octanol–water partition coefficient (Wildman–Crippen LogP) is 4.17. The number of aromatic nitrogens is 2. The fraction of sp³-hybridized carbons (Fsp3) is 0.167. The molecule has 3 rings (SSSR count). The average molecular weight is 340 g/mol. The molecule has 0 N–H and O–H groups in total. The number of Topliss-reactive ketones (excluding diaryl/α,β-unsaturated/α-hetero) is 1. The van der Waals surface area contributed by atoms with Crippen LogP contribution in [0.15, 0.2) is 64.2 Å². The number of ketones is 1. The number of hydrogen-bond acceptors (Lipinski definition) is 6. The molecule has 0 fully saturated rings. The van der Waals surface area contributed by atoms with Crippen molar-refractivity contribution in [2.45, 2.75) is 17.4 Å². The maximum absolute atomic E-state index is 12.0. The first-order valence-corrected chi connectivity index (χ1v) is 8.25. The maximum atomic E-state index is 12.0. The van der Waals surface area contributed by atoms with Gasteiger partial charge in [-0.2, -0.15) is 0 Å². The lowest BCUT2D eigenvalue weighted by Crippen LogP contribution is -2.04. The highest BCUT2D eigenvalue weighted by molar-refractivity contribution is 8.00. The van der Waals surface area contributed by atoms with Crippen molar-refractivity contribution in [1.29, 1.82) is 0 Å². The van der Waals surface area contributed by atoms with Crippen LogP contribution in [0.5, 0.6) is 5.75 Å². The highest BCUT2D eigenvalue weighted by Crippen LogP contribution is 2.36. The molecule has 0 unspecified atom stereocenters. The predicted molar refractivity (Wildman–Crippen MR) is 92.0 cm³/mol. The third-order valence-corrected chi connectivity index (χ3v) is 4.64. The molecule has 122 valence electrons. The summed E-state index contributed by atoms with van der Waals surface area (Å²) in [7, 11) is 1.61. The molecule has 0 aliphatic rings. The van der Waals surface area contributed by atoms with Gasteiger partial charge in [0.05, 0.1) is 12.4 Å². The van der Waals surface area contributed by atoms with E-state index in [0.29, 0.717) is 11.1 Å². The van der Waals surface area contributed by atoms with Crippen LogP contribution >= 0.6 is 11.8 Å². The molecule has 1 aromatic heterocycles. The van der Waals surface area contributed by atoms with Crippen molar-refractivity contribution in [3.05, 3.63) is 60.2 Å². The molecule has 0 aliphatic heterocycles. The molecular weight excluding hydrogens is 324 g/mol. The van der Waals surface area contributed by atoms with Gasteiger partial charge in [0.15, 0.2) is 0 Å². The van der Waals surface area contributed by atoms with Crippen molar-refractivity contribution >= 4 is 17.5 Å². The number of benzene rings is 2. The third-order valence-electron chi connectivity index (χ3n) is 3.43. The van der Waals surface area contributed by atoms with E-state index in [9.17, 15) is 4.79 Å². The molecule has 5 nitrogen and oxygen atoms in total. The van der Waals surface area contributed by atoms with Crippen molar-refractivity contribution in [3.8, 4) is 17.2 Å². The maximum Gasteiger partial charge on any atom is 0.277 e. The number of nitrogens with zero attached hydrogens (tertiary/aromatic N) is 2. The van der Waals surface area contributed by atoms with Crippen LogP contribution in [0.1, 0.15) is 17.7 Å². The summed E-state index contributed by atoms with van der Waals surface area (Å²) < 4.78 is 10.8. The van der Waals surface area contributed by atoms with Crippen molar-refractivity contribution in [3.63, 3.8) is 0 Å². The summed E-state index contributed by atoms with van der Waals surface area (Å²) in [6.07, 6.45) is 0. The number of hydrogen-bond donors (Lipinski definition) is 0. The third kappa shape index (κ3) is 3.65. The Labute approximate surface area is 144 Å². The van der Waals surface area contributed by atoms with E-state index in [2.05, 4.69) is 10.2 Å². The van der Waals surface area contributed by atoms with E-state index in [1.165, 1.54) is 11.8 Å².